The Kier molecular flexibility index (Phi) is 3.91. The molecule has 2 aliphatic rings. The third-order valence-corrected chi connectivity index (χ3v) is 4.76. The first kappa shape index (κ1) is 12.4. The Balaban J connectivity index is 1.91. The molecule has 0 aromatic rings. The van der Waals surface area contributed by atoms with E-state index in [-0.39, 0.29) is 6.10 Å². The molecular formula is C14H26O2. The molecular weight excluding hydrogens is 200 g/mol. The monoisotopic (exact) mass is 226 g/mol. The summed E-state index contributed by atoms with van der Waals surface area (Å²) in [5.41, 5.74) is -0.420. The molecule has 0 aromatic heterocycles. The van der Waals surface area contributed by atoms with Crippen molar-refractivity contribution in [3.63, 3.8) is 0 Å². The quantitative estimate of drug-likeness (QED) is 0.784. The van der Waals surface area contributed by atoms with Crippen LogP contribution in [0.3, 0.4) is 0 Å². The molecule has 16 heavy (non-hydrogen) atoms. The van der Waals surface area contributed by atoms with Crippen LogP contribution >= 0.6 is 0 Å². The lowest BCUT2D eigenvalue weighted by Crippen LogP contribution is -2.47. The smallest absolute Gasteiger partial charge is 0.0722 e. The van der Waals surface area contributed by atoms with Crippen molar-refractivity contribution < 1.29 is 9.84 Å². The van der Waals surface area contributed by atoms with Crippen LogP contribution in [0.5, 0.6) is 0 Å². The standard InChI is InChI=1S/C14H26O2/c1-3-12-4-6-13(7-5-12)14(15)8-9-16-11(2)10-14/h11-13,15H,3-10H2,1-2H3. The molecule has 0 bridgehead atoms. The maximum Gasteiger partial charge on any atom is 0.0722 e. The van der Waals surface area contributed by atoms with Gasteiger partial charge in [0.05, 0.1) is 11.7 Å². The summed E-state index contributed by atoms with van der Waals surface area (Å²) >= 11 is 0. The van der Waals surface area contributed by atoms with E-state index in [0.717, 1.165) is 25.4 Å². The largest absolute Gasteiger partial charge is 0.389 e. The van der Waals surface area contributed by atoms with E-state index < -0.39 is 5.60 Å². The molecule has 0 aromatic carbocycles. The highest BCUT2D eigenvalue weighted by atomic mass is 16.5. The van der Waals surface area contributed by atoms with Gasteiger partial charge >= 0.3 is 0 Å². The van der Waals surface area contributed by atoms with Crippen LogP contribution in [0.2, 0.25) is 0 Å². The lowest BCUT2D eigenvalue weighted by molar-refractivity contribution is -0.134. The van der Waals surface area contributed by atoms with E-state index in [4.69, 9.17) is 4.74 Å². The van der Waals surface area contributed by atoms with Crippen molar-refractivity contribution in [3.05, 3.63) is 0 Å². The Morgan fingerprint density at radius 2 is 1.94 bits per heavy atom. The van der Waals surface area contributed by atoms with Crippen LogP contribution in [0.4, 0.5) is 0 Å². The van der Waals surface area contributed by atoms with Crippen LogP contribution in [-0.2, 0) is 4.74 Å². The minimum absolute atomic E-state index is 0.239. The number of ether oxygens (including phenoxy) is 1. The molecule has 2 atom stereocenters. The van der Waals surface area contributed by atoms with Gasteiger partial charge in [-0.05, 0) is 38.0 Å². The van der Waals surface area contributed by atoms with Gasteiger partial charge in [-0.1, -0.05) is 26.2 Å². The van der Waals surface area contributed by atoms with Gasteiger partial charge in [0.1, 0.15) is 0 Å². The molecule has 0 radical (unpaired) electrons. The molecule has 1 heterocycles. The Labute approximate surface area is 99.4 Å². The predicted octanol–water partition coefficient (Wildman–Crippen LogP) is 3.13. The number of hydrogen-bond donors (Lipinski definition) is 1. The van der Waals surface area contributed by atoms with Crippen LogP contribution in [0.25, 0.3) is 0 Å². The van der Waals surface area contributed by atoms with E-state index in [1.54, 1.807) is 0 Å². The Hall–Kier alpha value is -0.0800. The normalized spacial score (nSPS) is 45.6. The minimum atomic E-state index is -0.420. The lowest BCUT2D eigenvalue weighted by Gasteiger charge is -2.44. The number of rotatable bonds is 2. The van der Waals surface area contributed by atoms with Crippen molar-refractivity contribution >= 4 is 0 Å². The van der Waals surface area contributed by atoms with Crippen molar-refractivity contribution in [2.45, 2.75) is 70.5 Å². The van der Waals surface area contributed by atoms with E-state index in [1.807, 2.05) is 0 Å². The van der Waals surface area contributed by atoms with Crippen molar-refractivity contribution in [2.75, 3.05) is 6.61 Å². The lowest BCUT2D eigenvalue weighted by atomic mass is 9.69. The van der Waals surface area contributed by atoms with Crippen LogP contribution in [-0.4, -0.2) is 23.4 Å². The second-order valence-electron chi connectivity index (χ2n) is 5.87. The predicted molar refractivity (Wildman–Crippen MR) is 65.3 cm³/mol. The van der Waals surface area contributed by atoms with Gasteiger partial charge in [-0.15, -0.1) is 0 Å². The molecule has 2 rings (SSSR count). The van der Waals surface area contributed by atoms with Crippen LogP contribution in [0.15, 0.2) is 0 Å². The van der Waals surface area contributed by atoms with Crippen molar-refractivity contribution in [3.8, 4) is 0 Å². The first-order valence-electron chi connectivity index (χ1n) is 6.98. The zero-order chi connectivity index (χ0) is 11.6. The molecule has 0 amide bonds. The Morgan fingerprint density at radius 3 is 2.50 bits per heavy atom. The maximum atomic E-state index is 10.7. The molecule has 1 N–H and O–H groups in total. The fraction of sp³-hybridized carbons (Fsp3) is 1.00. The molecule has 94 valence electrons. The number of hydrogen-bond acceptors (Lipinski definition) is 2. The third kappa shape index (κ3) is 2.60. The maximum absolute atomic E-state index is 10.7. The minimum Gasteiger partial charge on any atom is -0.389 e. The zero-order valence-electron chi connectivity index (χ0n) is 10.7. The summed E-state index contributed by atoms with van der Waals surface area (Å²) in [6, 6.07) is 0. The average Bonchev–Trinajstić information content (AvgIpc) is 2.29. The molecule has 2 nitrogen and oxygen atoms in total. The van der Waals surface area contributed by atoms with Crippen LogP contribution in [0, 0.1) is 11.8 Å². The van der Waals surface area contributed by atoms with E-state index in [9.17, 15) is 5.11 Å². The van der Waals surface area contributed by atoms with Gasteiger partial charge in [0, 0.05) is 13.0 Å². The SMILES string of the molecule is CCC1CCC(C2(O)CCOC(C)C2)CC1. The van der Waals surface area contributed by atoms with Gasteiger partial charge in [-0.25, -0.2) is 0 Å². The van der Waals surface area contributed by atoms with E-state index in [1.165, 1.54) is 32.1 Å². The van der Waals surface area contributed by atoms with Gasteiger partial charge in [0.2, 0.25) is 0 Å². The molecule has 1 saturated carbocycles. The highest BCUT2D eigenvalue weighted by Crippen LogP contribution is 2.42. The molecule has 2 heteroatoms. The summed E-state index contributed by atoms with van der Waals surface area (Å²) in [5, 5.41) is 10.7. The van der Waals surface area contributed by atoms with E-state index >= 15 is 0 Å². The molecule has 1 aliphatic carbocycles. The first-order chi connectivity index (χ1) is 7.64. The summed E-state index contributed by atoms with van der Waals surface area (Å²) in [6.45, 7) is 5.11. The number of aliphatic hydroxyl groups is 1. The molecule has 2 fully saturated rings. The summed E-state index contributed by atoms with van der Waals surface area (Å²) in [6.07, 6.45) is 8.32. The topological polar surface area (TPSA) is 29.5 Å². The van der Waals surface area contributed by atoms with Gasteiger partial charge in [0.25, 0.3) is 0 Å². The van der Waals surface area contributed by atoms with Crippen molar-refractivity contribution in [2.24, 2.45) is 11.8 Å². The second kappa shape index (κ2) is 5.05. The van der Waals surface area contributed by atoms with Gasteiger partial charge in [-0.2, -0.15) is 0 Å². The first-order valence-corrected chi connectivity index (χ1v) is 6.98. The highest BCUT2D eigenvalue weighted by molar-refractivity contribution is 4.92. The highest BCUT2D eigenvalue weighted by Gasteiger charge is 2.41. The Morgan fingerprint density at radius 1 is 1.25 bits per heavy atom. The fourth-order valence-electron chi connectivity index (χ4n) is 3.57. The van der Waals surface area contributed by atoms with Gasteiger partial charge in [-0.3, -0.25) is 0 Å². The molecule has 1 aliphatic heterocycles. The summed E-state index contributed by atoms with van der Waals surface area (Å²) in [4.78, 5) is 0. The van der Waals surface area contributed by atoms with Crippen LogP contribution < -0.4 is 0 Å². The zero-order valence-corrected chi connectivity index (χ0v) is 10.7. The second-order valence-corrected chi connectivity index (χ2v) is 5.87. The average molecular weight is 226 g/mol. The van der Waals surface area contributed by atoms with E-state index in [2.05, 4.69) is 13.8 Å². The Bertz CT molecular complexity index is 221. The van der Waals surface area contributed by atoms with Crippen molar-refractivity contribution in [1.82, 2.24) is 0 Å². The molecule has 2 unspecified atom stereocenters. The third-order valence-electron chi connectivity index (χ3n) is 4.76. The summed E-state index contributed by atoms with van der Waals surface area (Å²) < 4.78 is 5.55. The van der Waals surface area contributed by atoms with E-state index in [0.29, 0.717) is 5.92 Å². The van der Waals surface area contributed by atoms with Crippen molar-refractivity contribution in [1.29, 1.82) is 0 Å². The van der Waals surface area contributed by atoms with Gasteiger partial charge < -0.3 is 9.84 Å². The molecule has 1 saturated heterocycles. The summed E-state index contributed by atoms with van der Waals surface area (Å²) in [7, 11) is 0. The fourth-order valence-corrected chi connectivity index (χ4v) is 3.57. The molecule has 0 spiro atoms. The van der Waals surface area contributed by atoms with Gasteiger partial charge in [0.15, 0.2) is 0 Å². The summed E-state index contributed by atoms with van der Waals surface area (Å²) in [5.74, 6) is 1.44. The van der Waals surface area contributed by atoms with Crippen LogP contribution in [0.1, 0.15) is 58.8 Å².